The highest BCUT2D eigenvalue weighted by Crippen LogP contribution is 2.37. The molecule has 3 aromatic carbocycles. The molecule has 8 nitrogen and oxygen atoms in total. The van der Waals surface area contributed by atoms with Gasteiger partial charge in [-0.1, -0.05) is 24.3 Å². The Hall–Kier alpha value is -3.72. The largest absolute Gasteiger partial charge is 0.321 e. The van der Waals surface area contributed by atoms with Gasteiger partial charge in [0, 0.05) is 33.3 Å². The Morgan fingerprint density at radius 2 is 1.86 bits per heavy atom. The molecule has 0 atom stereocenters. The molecule has 0 spiro atoms. The van der Waals surface area contributed by atoms with E-state index < -0.39 is 10.0 Å². The Labute approximate surface area is 166 Å². The Morgan fingerprint density at radius 1 is 1.03 bits per heavy atom. The molecule has 9 heteroatoms. The summed E-state index contributed by atoms with van der Waals surface area (Å²) in [4.78, 5) is 16.5. The highest BCUT2D eigenvalue weighted by Gasteiger charge is 2.26. The van der Waals surface area contributed by atoms with Crippen molar-refractivity contribution in [1.82, 2.24) is 15.2 Å². The quantitative estimate of drug-likeness (QED) is 0.482. The minimum atomic E-state index is -3.89. The number of H-pyrrole nitrogens is 1. The molecule has 0 unspecified atom stereocenters. The predicted molar refractivity (Wildman–Crippen MR) is 109 cm³/mol. The second-order valence-corrected chi connectivity index (χ2v) is 8.38. The van der Waals surface area contributed by atoms with Crippen molar-refractivity contribution < 1.29 is 13.2 Å². The molecule has 1 aliphatic rings. The van der Waals surface area contributed by atoms with Crippen LogP contribution < -0.4 is 10.0 Å². The lowest BCUT2D eigenvalue weighted by Gasteiger charge is -2.12. The van der Waals surface area contributed by atoms with Crippen LogP contribution in [0.1, 0.15) is 16.2 Å². The van der Waals surface area contributed by atoms with Gasteiger partial charge in [-0.3, -0.25) is 14.6 Å². The number of amides is 1. The molecular weight excluding hydrogens is 390 g/mol. The number of rotatable bonds is 4. The molecule has 0 saturated carbocycles. The number of hydrogen-bond donors (Lipinski definition) is 3. The summed E-state index contributed by atoms with van der Waals surface area (Å²) in [6.45, 7) is 1.79. The van der Waals surface area contributed by atoms with Gasteiger partial charge in [0.25, 0.3) is 15.9 Å². The van der Waals surface area contributed by atoms with E-state index in [1.165, 1.54) is 6.07 Å². The Morgan fingerprint density at radius 3 is 2.66 bits per heavy atom. The number of hydrogen-bond acceptors (Lipinski definition) is 5. The number of carbonyl (C=O) groups is 1. The number of aryl methyl sites for hydroxylation is 1. The Balaban J connectivity index is 1.57. The van der Waals surface area contributed by atoms with E-state index in [0.717, 1.165) is 0 Å². The van der Waals surface area contributed by atoms with Crippen molar-refractivity contribution in [2.24, 2.45) is 0 Å². The fourth-order valence-electron chi connectivity index (χ4n) is 3.50. The predicted octanol–water partition coefficient (Wildman–Crippen LogP) is 3.30. The lowest BCUT2D eigenvalue weighted by Crippen LogP contribution is -2.13. The zero-order valence-corrected chi connectivity index (χ0v) is 16.0. The molecule has 1 aromatic heterocycles. The van der Waals surface area contributed by atoms with Crippen LogP contribution in [-0.4, -0.2) is 29.5 Å². The van der Waals surface area contributed by atoms with Crippen molar-refractivity contribution in [2.75, 3.05) is 10.0 Å². The standard InChI is InChI=1S/C20H15N5O3S/c1-11-21-19(24-23-11)12-4-2-5-13(10-12)25-29(27,28)17-9-8-16-18-14(17)6-3-7-15(18)20(26)22-16/h2-10,25H,1H3,(H,22,26)(H,21,23,24). The van der Waals surface area contributed by atoms with Crippen LogP contribution in [0.2, 0.25) is 0 Å². The van der Waals surface area contributed by atoms with Gasteiger partial charge in [0.2, 0.25) is 0 Å². The Kier molecular flexibility index (Phi) is 3.68. The van der Waals surface area contributed by atoms with E-state index in [1.807, 2.05) is 0 Å². The van der Waals surface area contributed by atoms with E-state index in [0.29, 0.717) is 44.9 Å². The molecule has 3 N–H and O–H groups in total. The maximum atomic E-state index is 13.1. The first-order valence-electron chi connectivity index (χ1n) is 8.82. The van der Waals surface area contributed by atoms with E-state index >= 15 is 0 Å². The van der Waals surface area contributed by atoms with E-state index in [9.17, 15) is 13.2 Å². The molecule has 1 aliphatic heterocycles. The molecule has 0 saturated heterocycles. The number of anilines is 2. The van der Waals surface area contributed by atoms with Crippen molar-refractivity contribution in [3.05, 3.63) is 66.0 Å². The number of aromatic amines is 1. The highest BCUT2D eigenvalue weighted by atomic mass is 32.2. The van der Waals surface area contributed by atoms with Gasteiger partial charge in [-0.05, 0) is 37.3 Å². The maximum absolute atomic E-state index is 13.1. The third-order valence-electron chi connectivity index (χ3n) is 4.75. The average molecular weight is 405 g/mol. The van der Waals surface area contributed by atoms with Crippen molar-refractivity contribution >= 4 is 38.1 Å². The molecule has 144 valence electrons. The van der Waals surface area contributed by atoms with Crippen LogP contribution in [0.3, 0.4) is 0 Å². The highest BCUT2D eigenvalue weighted by molar-refractivity contribution is 7.93. The third-order valence-corrected chi connectivity index (χ3v) is 6.19. The summed E-state index contributed by atoms with van der Waals surface area (Å²) in [5, 5.41) is 10.7. The fraction of sp³-hybridized carbons (Fsp3) is 0.0500. The van der Waals surface area contributed by atoms with Crippen molar-refractivity contribution in [3.63, 3.8) is 0 Å². The molecule has 2 heterocycles. The van der Waals surface area contributed by atoms with E-state index in [1.54, 1.807) is 55.5 Å². The van der Waals surface area contributed by atoms with Gasteiger partial charge in [-0.2, -0.15) is 5.10 Å². The molecule has 0 aliphatic carbocycles. The monoisotopic (exact) mass is 405 g/mol. The Bertz CT molecular complexity index is 1410. The van der Waals surface area contributed by atoms with Crippen molar-refractivity contribution in [3.8, 4) is 11.4 Å². The second kappa shape index (κ2) is 6.14. The summed E-state index contributed by atoms with van der Waals surface area (Å²) >= 11 is 0. The molecule has 0 fully saturated rings. The number of sulfonamides is 1. The molecule has 4 aromatic rings. The first-order valence-corrected chi connectivity index (χ1v) is 10.3. The number of benzene rings is 3. The summed E-state index contributed by atoms with van der Waals surface area (Å²) in [5.74, 6) is 0.920. The second-order valence-electron chi connectivity index (χ2n) is 6.72. The SMILES string of the molecule is Cc1nc(-c2cccc(NS(=O)(=O)c3ccc4c5c(cccc35)C(=O)N4)c2)n[nH]1. The third kappa shape index (κ3) is 2.83. The van der Waals surface area contributed by atoms with Crippen LogP contribution >= 0.6 is 0 Å². The van der Waals surface area contributed by atoms with Gasteiger partial charge >= 0.3 is 0 Å². The molecule has 0 radical (unpaired) electrons. The smallest absolute Gasteiger partial charge is 0.262 e. The average Bonchev–Trinajstić information content (AvgIpc) is 3.27. The van der Waals surface area contributed by atoms with Gasteiger partial charge in [0.15, 0.2) is 5.82 Å². The summed E-state index contributed by atoms with van der Waals surface area (Å²) in [5.41, 5.74) is 2.16. The van der Waals surface area contributed by atoms with Gasteiger partial charge in [0.1, 0.15) is 5.82 Å². The van der Waals surface area contributed by atoms with E-state index in [2.05, 4.69) is 25.2 Å². The minimum absolute atomic E-state index is 0.105. The van der Waals surface area contributed by atoms with Crippen LogP contribution in [0, 0.1) is 6.92 Å². The van der Waals surface area contributed by atoms with Crippen LogP contribution in [0.5, 0.6) is 0 Å². The molecule has 1 amide bonds. The van der Waals surface area contributed by atoms with E-state index in [-0.39, 0.29) is 10.8 Å². The molecular formula is C20H15N5O3S. The first kappa shape index (κ1) is 17.4. The van der Waals surface area contributed by atoms with Gasteiger partial charge < -0.3 is 5.32 Å². The zero-order valence-electron chi connectivity index (χ0n) is 15.2. The number of nitrogens with one attached hydrogen (secondary N) is 3. The molecule has 29 heavy (non-hydrogen) atoms. The lowest BCUT2D eigenvalue weighted by molar-refractivity contribution is 0.103. The lowest BCUT2D eigenvalue weighted by atomic mass is 10.1. The number of carbonyl (C=O) groups excluding carboxylic acids is 1. The zero-order chi connectivity index (χ0) is 20.2. The topological polar surface area (TPSA) is 117 Å². The van der Waals surface area contributed by atoms with Gasteiger partial charge in [-0.25, -0.2) is 13.4 Å². The van der Waals surface area contributed by atoms with Crippen molar-refractivity contribution in [2.45, 2.75) is 11.8 Å². The van der Waals surface area contributed by atoms with Crippen molar-refractivity contribution in [1.29, 1.82) is 0 Å². The molecule has 0 bridgehead atoms. The van der Waals surface area contributed by atoms with Crippen LogP contribution in [0.25, 0.3) is 22.2 Å². The fourth-order valence-corrected chi connectivity index (χ4v) is 4.76. The van der Waals surface area contributed by atoms with Gasteiger partial charge in [0.05, 0.1) is 4.90 Å². The van der Waals surface area contributed by atoms with Crippen LogP contribution in [-0.2, 0) is 10.0 Å². The first-order chi connectivity index (χ1) is 13.9. The number of nitrogens with zero attached hydrogens (tertiary/aromatic N) is 2. The van der Waals surface area contributed by atoms with Crippen LogP contribution in [0.4, 0.5) is 11.4 Å². The molecule has 5 rings (SSSR count). The summed E-state index contributed by atoms with van der Waals surface area (Å²) in [6, 6.07) is 15.0. The van der Waals surface area contributed by atoms with Gasteiger partial charge in [-0.15, -0.1) is 0 Å². The number of aromatic nitrogens is 3. The van der Waals surface area contributed by atoms with Crippen LogP contribution in [0.15, 0.2) is 59.5 Å². The summed E-state index contributed by atoms with van der Waals surface area (Å²) in [7, 11) is -3.89. The summed E-state index contributed by atoms with van der Waals surface area (Å²) in [6.07, 6.45) is 0. The van der Waals surface area contributed by atoms with E-state index in [4.69, 9.17) is 0 Å². The maximum Gasteiger partial charge on any atom is 0.262 e. The summed E-state index contributed by atoms with van der Waals surface area (Å²) < 4.78 is 28.9. The minimum Gasteiger partial charge on any atom is -0.321 e. The normalized spacial score (nSPS) is 12.9.